The third kappa shape index (κ3) is 5.73. The van der Waals surface area contributed by atoms with Crippen molar-refractivity contribution >= 4 is 35.8 Å². The SMILES string of the molecule is CN=C(NCc1ccccc1OC)NC1CCN(C(=O)C2CCCC2)C1.I. The van der Waals surface area contributed by atoms with Gasteiger partial charge in [0.2, 0.25) is 5.91 Å². The van der Waals surface area contributed by atoms with Crippen molar-refractivity contribution < 1.29 is 9.53 Å². The highest BCUT2D eigenvalue weighted by molar-refractivity contribution is 14.0. The molecule has 1 atom stereocenters. The molecule has 2 aliphatic rings. The second-order valence-electron chi connectivity index (χ2n) is 7.13. The van der Waals surface area contributed by atoms with E-state index in [1.54, 1.807) is 14.2 Å². The van der Waals surface area contributed by atoms with Crippen LogP contribution in [0.4, 0.5) is 0 Å². The van der Waals surface area contributed by atoms with Gasteiger partial charge in [-0.15, -0.1) is 24.0 Å². The third-order valence-electron chi connectivity index (χ3n) is 5.41. The molecule has 0 aromatic heterocycles. The second-order valence-corrected chi connectivity index (χ2v) is 7.13. The van der Waals surface area contributed by atoms with Gasteiger partial charge in [-0.05, 0) is 25.3 Å². The molecular formula is C20H31IN4O2. The van der Waals surface area contributed by atoms with E-state index >= 15 is 0 Å². The molecule has 0 spiro atoms. The Bertz CT molecular complexity index is 647. The Morgan fingerprint density at radius 3 is 2.70 bits per heavy atom. The molecule has 1 amide bonds. The number of rotatable bonds is 5. The molecule has 1 unspecified atom stereocenters. The number of hydrogen-bond donors (Lipinski definition) is 2. The van der Waals surface area contributed by atoms with E-state index in [0.717, 1.165) is 49.6 Å². The Labute approximate surface area is 179 Å². The van der Waals surface area contributed by atoms with Crippen LogP contribution in [0.1, 0.15) is 37.7 Å². The van der Waals surface area contributed by atoms with Gasteiger partial charge in [0.15, 0.2) is 5.96 Å². The van der Waals surface area contributed by atoms with Crippen LogP contribution >= 0.6 is 24.0 Å². The number of nitrogens with one attached hydrogen (secondary N) is 2. The molecule has 3 rings (SSSR count). The van der Waals surface area contributed by atoms with Gasteiger partial charge in [-0.3, -0.25) is 9.79 Å². The number of amides is 1. The van der Waals surface area contributed by atoms with Gasteiger partial charge in [-0.25, -0.2) is 0 Å². The summed E-state index contributed by atoms with van der Waals surface area (Å²) in [5.74, 6) is 2.24. The summed E-state index contributed by atoms with van der Waals surface area (Å²) in [7, 11) is 3.45. The predicted octanol–water partition coefficient (Wildman–Crippen LogP) is 2.77. The van der Waals surface area contributed by atoms with Crippen molar-refractivity contribution in [2.75, 3.05) is 27.2 Å². The van der Waals surface area contributed by atoms with E-state index in [4.69, 9.17) is 4.74 Å². The molecule has 2 N–H and O–H groups in total. The minimum absolute atomic E-state index is 0. The van der Waals surface area contributed by atoms with Crippen molar-refractivity contribution in [1.29, 1.82) is 0 Å². The topological polar surface area (TPSA) is 66.0 Å². The summed E-state index contributed by atoms with van der Waals surface area (Å²) < 4.78 is 5.39. The van der Waals surface area contributed by atoms with Crippen LogP contribution in [0, 0.1) is 5.92 Å². The predicted molar refractivity (Wildman–Crippen MR) is 119 cm³/mol. The minimum Gasteiger partial charge on any atom is -0.496 e. The lowest BCUT2D eigenvalue weighted by molar-refractivity contribution is -0.134. The van der Waals surface area contributed by atoms with Gasteiger partial charge >= 0.3 is 0 Å². The first-order valence-corrected chi connectivity index (χ1v) is 9.59. The zero-order chi connectivity index (χ0) is 18.4. The molecule has 150 valence electrons. The average Bonchev–Trinajstić information content (AvgIpc) is 3.37. The Morgan fingerprint density at radius 1 is 1.26 bits per heavy atom. The fourth-order valence-electron chi connectivity index (χ4n) is 3.93. The Balaban J connectivity index is 0.00000261. The normalized spacial score (nSPS) is 20.3. The number of aliphatic imine (C=N–C) groups is 1. The maximum Gasteiger partial charge on any atom is 0.225 e. The van der Waals surface area contributed by atoms with Crippen LogP contribution in [-0.4, -0.2) is 50.1 Å². The molecule has 1 saturated carbocycles. The van der Waals surface area contributed by atoms with Crippen LogP contribution in [0.5, 0.6) is 5.75 Å². The van der Waals surface area contributed by atoms with E-state index in [-0.39, 0.29) is 35.9 Å². The van der Waals surface area contributed by atoms with Gasteiger partial charge in [0.25, 0.3) is 0 Å². The Kier molecular flexibility index (Phi) is 8.66. The van der Waals surface area contributed by atoms with Crippen molar-refractivity contribution in [3.63, 3.8) is 0 Å². The van der Waals surface area contributed by atoms with Crippen molar-refractivity contribution in [2.45, 2.75) is 44.7 Å². The van der Waals surface area contributed by atoms with E-state index in [1.165, 1.54) is 12.8 Å². The molecule has 1 saturated heterocycles. The van der Waals surface area contributed by atoms with Crippen LogP contribution in [-0.2, 0) is 11.3 Å². The standard InChI is InChI=1S/C20H30N4O2.HI/c1-21-20(22-13-16-9-5-6-10-18(16)26-2)23-17-11-12-24(14-17)19(25)15-7-3-4-8-15;/h5-6,9-10,15,17H,3-4,7-8,11-14H2,1-2H3,(H2,21,22,23);1H. The van der Waals surface area contributed by atoms with Crippen LogP contribution in [0.2, 0.25) is 0 Å². The number of likely N-dealkylation sites (tertiary alicyclic amines) is 1. The summed E-state index contributed by atoms with van der Waals surface area (Å²) in [5, 5.41) is 6.79. The molecule has 0 radical (unpaired) electrons. The number of guanidine groups is 1. The highest BCUT2D eigenvalue weighted by Gasteiger charge is 2.32. The van der Waals surface area contributed by atoms with Gasteiger partial charge in [0, 0.05) is 44.2 Å². The smallest absolute Gasteiger partial charge is 0.225 e. The van der Waals surface area contributed by atoms with Crippen molar-refractivity contribution in [1.82, 2.24) is 15.5 Å². The van der Waals surface area contributed by atoms with Gasteiger partial charge in [-0.2, -0.15) is 0 Å². The lowest BCUT2D eigenvalue weighted by Crippen LogP contribution is -2.45. The number of hydrogen-bond acceptors (Lipinski definition) is 3. The molecule has 1 heterocycles. The Hall–Kier alpha value is -1.51. The molecule has 1 aromatic rings. The number of methoxy groups -OCH3 is 1. The largest absolute Gasteiger partial charge is 0.496 e. The van der Waals surface area contributed by atoms with Gasteiger partial charge in [0.05, 0.1) is 7.11 Å². The van der Waals surface area contributed by atoms with E-state index in [2.05, 4.69) is 15.6 Å². The molecular weight excluding hydrogens is 455 g/mol. The average molecular weight is 486 g/mol. The fourth-order valence-corrected chi connectivity index (χ4v) is 3.93. The van der Waals surface area contributed by atoms with Gasteiger partial charge < -0.3 is 20.3 Å². The first-order valence-electron chi connectivity index (χ1n) is 9.59. The lowest BCUT2D eigenvalue weighted by atomic mass is 10.1. The van der Waals surface area contributed by atoms with Crippen molar-refractivity contribution in [2.24, 2.45) is 10.9 Å². The van der Waals surface area contributed by atoms with E-state index in [0.29, 0.717) is 12.5 Å². The number of para-hydroxylation sites is 1. The molecule has 27 heavy (non-hydrogen) atoms. The molecule has 2 fully saturated rings. The zero-order valence-corrected chi connectivity index (χ0v) is 18.6. The molecule has 1 aliphatic carbocycles. The summed E-state index contributed by atoms with van der Waals surface area (Å²) in [6, 6.07) is 8.21. The van der Waals surface area contributed by atoms with Gasteiger partial charge in [-0.1, -0.05) is 31.0 Å². The molecule has 0 bridgehead atoms. The highest BCUT2D eigenvalue weighted by atomic mass is 127. The summed E-state index contributed by atoms with van der Waals surface area (Å²) in [6.45, 7) is 2.25. The summed E-state index contributed by atoms with van der Waals surface area (Å²) >= 11 is 0. The van der Waals surface area contributed by atoms with Crippen LogP contribution in [0.3, 0.4) is 0 Å². The molecule has 1 aromatic carbocycles. The van der Waals surface area contributed by atoms with Crippen LogP contribution < -0.4 is 15.4 Å². The summed E-state index contributed by atoms with van der Waals surface area (Å²) in [5.41, 5.74) is 1.09. The second kappa shape index (κ2) is 10.7. The number of halogens is 1. The third-order valence-corrected chi connectivity index (χ3v) is 5.41. The maximum atomic E-state index is 12.6. The summed E-state index contributed by atoms with van der Waals surface area (Å²) in [4.78, 5) is 18.9. The van der Waals surface area contributed by atoms with Gasteiger partial charge in [0.1, 0.15) is 5.75 Å². The number of carbonyl (C=O) groups is 1. The van der Waals surface area contributed by atoms with Crippen molar-refractivity contribution in [3.05, 3.63) is 29.8 Å². The monoisotopic (exact) mass is 486 g/mol. The highest BCUT2D eigenvalue weighted by Crippen LogP contribution is 2.27. The molecule has 1 aliphatic heterocycles. The number of ether oxygens (including phenoxy) is 1. The first-order chi connectivity index (χ1) is 12.7. The van der Waals surface area contributed by atoms with E-state index in [1.807, 2.05) is 29.2 Å². The van der Waals surface area contributed by atoms with Crippen LogP contribution in [0.25, 0.3) is 0 Å². The van der Waals surface area contributed by atoms with Crippen LogP contribution in [0.15, 0.2) is 29.3 Å². The van der Waals surface area contributed by atoms with E-state index < -0.39 is 0 Å². The first kappa shape index (κ1) is 21.8. The zero-order valence-electron chi connectivity index (χ0n) is 16.2. The minimum atomic E-state index is 0. The lowest BCUT2D eigenvalue weighted by Gasteiger charge is -2.21. The fraction of sp³-hybridized carbons (Fsp3) is 0.600. The number of nitrogens with zero attached hydrogens (tertiary/aromatic N) is 2. The quantitative estimate of drug-likeness (QED) is 0.382. The Morgan fingerprint density at radius 2 is 2.00 bits per heavy atom. The number of carbonyl (C=O) groups excluding carboxylic acids is 1. The van der Waals surface area contributed by atoms with E-state index in [9.17, 15) is 4.79 Å². The van der Waals surface area contributed by atoms with Crippen molar-refractivity contribution in [3.8, 4) is 5.75 Å². The molecule has 7 heteroatoms. The number of benzene rings is 1. The molecule has 6 nitrogen and oxygen atoms in total. The maximum absolute atomic E-state index is 12.6. The summed E-state index contributed by atoms with van der Waals surface area (Å²) in [6.07, 6.45) is 5.50.